The molecule has 0 aromatic heterocycles. The molecule has 0 aliphatic rings. The molecule has 0 saturated carbocycles. The minimum absolute atomic E-state index is 0.229. The van der Waals surface area contributed by atoms with E-state index < -0.39 is 22.0 Å². The lowest BCUT2D eigenvalue weighted by Crippen LogP contribution is -2.44. The van der Waals surface area contributed by atoms with Crippen LogP contribution < -0.4 is 19.5 Å². The van der Waals surface area contributed by atoms with Gasteiger partial charge in [-0.15, -0.1) is 0 Å². The third kappa shape index (κ3) is 5.12. The highest BCUT2D eigenvalue weighted by molar-refractivity contribution is 7.89. The first-order valence-electron chi connectivity index (χ1n) is 9.60. The third-order valence-electron chi connectivity index (χ3n) is 5.21. The van der Waals surface area contributed by atoms with Gasteiger partial charge in [0.1, 0.15) is 0 Å². The summed E-state index contributed by atoms with van der Waals surface area (Å²) in [5.74, 6) is 0.722. The van der Waals surface area contributed by atoms with Crippen molar-refractivity contribution in [1.82, 2.24) is 10.0 Å². The molecule has 2 aromatic carbocycles. The monoisotopic (exact) mass is 434 g/mol. The highest BCUT2D eigenvalue weighted by atomic mass is 32.2. The molecule has 164 valence electrons. The van der Waals surface area contributed by atoms with Crippen LogP contribution in [0.15, 0.2) is 29.2 Å². The van der Waals surface area contributed by atoms with Crippen LogP contribution in [0.4, 0.5) is 0 Å². The summed E-state index contributed by atoms with van der Waals surface area (Å²) < 4.78 is 39.0. The van der Waals surface area contributed by atoms with Gasteiger partial charge in [0.15, 0.2) is 11.5 Å². The maximum atomic E-state index is 13.0. The quantitative estimate of drug-likeness (QED) is 0.666. The van der Waals surface area contributed by atoms with Crippen molar-refractivity contribution in [2.24, 2.45) is 0 Å². The zero-order valence-corrected chi connectivity index (χ0v) is 19.4. The van der Waals surface area contributed by atoms with Gasteiger partial charge in [-0.1, -0.05) is 12.1 Å². The van der Waals surface area contributed by atoms with Crippen LogP contribution in [0.2, 0.25) is 0 Å². The summed E-state index contributed by atoms with van der Waals surface area (Å²) in [6, 6.07) is 6.34. The average Bonchev–Trinajstić information content (AvgIpc) is 2.69. The first kappa shape index (κ1) is 23.7. The molecule has 0 radical (unpaired) electrons. The molecule has 30 heavy (non-hydrogen) atoms. The van der Waals surface area contributed by atoms with Crippen molar-refractivity contribution < 1.29 is 22.7 Å². The molecule has 0 saturated heterocycles. The summed E-state index contributed by atoms with van der Waals surface area (Å²) in [4.78, 5) is 12.7. The topological polar surface area (TPSA) is 93.7 Å². The fourth-order valence-electron chi connectivity index (χ4n) is 3.26. The maximum Gasteiger partial charge on any atom is 0.241 e. The van der Waals surface area contributed by atoms with Gasteiger partial charge < -0.3 is 14.8 Å². The normalized spacial score (nSPS) is 12.4. The van der Waals surface area contributed by atoms with Gasteiger partial charge in [-0.25, -0.2) is 8.42 Å². The Morgan fingerprint density at radius 3 is 2.07 bits per heavy atom. The Bertz CT molecular complexity index is 1020. The van der Waals surface area contributed by atoms with Gasteiger partial charge in [0.25, 0.3) is 0 Å². The SMILES string of the molecule is COc1ccc(CNC(=O)[C@H](C)NS(=O)(=O)c2c(C)c(C)cc(C)c2C)cc1OC. The second kappa shape index (κ2) is 9.49. The van der Waals surface area contributed by atoms with Crippen LogP contribution in [0.3, 0.4) is 0 Å². The Morgan fingerprint density at radius 1 is 0.967 bits per heavy atom. The first-order valence-corrected chi connectivity index (χ1v) is 11.1. The van der Waals surface area contributed by atoms with Crippen LogP contribution in [0, 0.1) is 27.7 Å². The first-order chi connectivity index (χ1) is 14.0. The molecule has 0 bridgehead atoms. The number of sulfonamides is 1. The number of amides is 1. The largest absolute Gasteiger partial charge is 0.493 e. The highest BCUT2D eigenvalue weighted by Gasteiger charge is 2.26. The van der Waals surface area contributed by atoms with Gasteiger partial charge in [-0.05, 0) is 74.6 Å². The zero-order valence-electron chi connectivity index (χ0n) is 18.5. The summed E-state index contributed by atoms with van der Waals surface area (Å²) in [6.07, 6.45) is 0. The third-order valence-corrected chi connectivity index (χ3v) is 7.02. The summed E-state index contributed by atoms with van der Waals surface area (Å²) >= 11 is 0. The molecule has 0 fully saturated rings. The van der Waals surface area contributed by atoms with E-state index in [4.69, 9.17) is 9.47 Å². The Morgan fingerprint density at radius 2 is 1.53 bits per heavy atom. The van der Waals surface area contributed by atoms with Crippen molar-refractivity contribution in [1.29, 1.82) is 0 Å². The van der Waals surface area contributed by atoms with Crippen molar-refractivity contribution in [2.75, 3.05) is 14.2 Å². The second-order valence-electron chi connectivity index (χ2n) is 7.34. The number of nitrogens with one attached hydrogen (secondary N) is 2. The van der Waals surface area contributed by atoms with E-state index in [9.17, 15) is 13.2 Å². The van der Waals surface area contributed by atoms with Crippen molar-refractivity contribution in [3.05, 3.63) is 52.1 Å². The molecule has 0 spiro atoms. The smallest absolute Gasteiger partial charge is 0.241 e. The van der Waals surface area contributed by atoms with E-state index >= 15 is 0 Å². The predicted molar refractivity (Wildman–Crippen MR) is 117 cm³/mol. The fourth-order valence-corrected chi connectivity index (χ4v) is 5.08. The van der Waals surface area contributed by atoms with Gasteiger partial charge in [-0.2, -0.15) is 4.72 Å². The van der Waals surface area contributed by atoms with E-state index in [1.807, 2.05) is 19.9 Å². The molecule has 0 heterocycles. The number of carbonyl (C=O) groups excluding carboxylic acids is 1. The van der Waals surface area contributed by atoms with E-state index in [0.717, 1.165) is 16.7 Å². The Kier molecular flexibility index (Phi) is 7.49. The number of hydrogen-bond donors (Lipinski definition) is 2. The second-order valence-corrected chi connectivity index (χ2v) is 8.99. The van der Waals surface area contributed by atoms with Gasteiger partial charge in [-0.3, -0.25) is 4.79 Å². The molecular weight excluding hydrogens is 404 g/mol. The van der Waals surface area contributed by atoms with Gasteiger partial charge in [0.05, 0.1) is 25.2 Å². The average molecular weight is 435 g/mol. The van der Waals surface area contributed by atoms with Gasteiger partial charge >= 0.3 is 0 Å². The lowest BCUT2D eigenvalue weighted by Gasteiger charge is -2.19. The van der Waals surface area contributed by atoms with E-state index in [1.54, 1.807) is 39.2 Å². The molecule has 8 heteroatoms. The zero-order chi connectivity index (χ0) is 22.6. The number of benzene rings is 2. The lowest BCUT2D eigenvalue weighted by atomic mass is 10.0. The number of carbonyl (C=O) groups is 1. The Hall–Kier alpha value is -2.58. The van der Waals surface area contributed by atoms with Crippen LogP contribution in [0.5, 0.6) is 11.5 Å². The molecule has 0 aliphatic carbocycles. The molecule has 2 rings (SSSR count). The molecular formula is C22H30N2O5S. The fraction of sp³-hybridized carbons (Fsp3) is 0.409. The molecule has 1 atom stereocenters. The summed E-state index contributed by atoms with van der Waals surface area (Å²) in [7, 11) is -0.777. The van der Waals surface area contributed by atoms with Crippen LogP contribution in [0.1, 0.15) is 34.7 Å². The van der Waals surface area contributed by atoms with Gasteiger partial charge in [0, 0.05) is 6.54 Å². The molecule has 2 aromatic rings. The molecule has 1 amide bonds. The van der Waals surface area contributed by atoms with Crippen LogP contribution >= 0.6 is 0 Å². The molecule has 0 unspecified atom stereocenters. The van der Waals surface area contributed by atoms with E-state index in [1.165, 1.54) is 14.0 Å². The van der Waals surface area contributed by atoms with Gasteiger partial charge in [0.2, 0.25) is 15.9 Å². The van der Waals surface area contributed by atoms with E-state index in [-0.39, 0.29) is 11.4 Å². The van der Waals surface area contributed by atoms with Crippen molar-refractivity contribution in [3.8, 4) is 11.5 Å². The Balaban J connectivity index is 2.13. The number of rotatable bonds is 8. The molecule has 0 aliphatic heterocycles. The number of aryl methyl sites for hydroxylation is 2. The minimum Gasteiger partial charge on any atom is -0.493 e. The van der Waals surface area contributed by atoms with Crippen molar-refractivity contribution >= 4 is 15.9 Å². The number of hydrogen-bond acceptors (Lipinski definition) is 5. The standard InChI is InChI=1S/C22H30N2O5S/c1-13-10-14(2)16(4)21(15(13)3)30(26,27)24-17(5)22(25)23-12-18-8-9-19(28-6)20(11-18)29-7/h8-11,17,24H,12H2,1-7H3,(H,23,25)/t17-/m0/s1. The highest BCUT2D eigenvalue weighted by Crippen LogP contribution is 2.28. The lowest BCUT2D eigenvalue weighted by molar-refractivity contribution is -0.122. The van der Waals surface area contributed by atoms with Crippen LogP contribution in [-0.4, -0.2) is 34.6 Å². The number of ether oxygens (including phenoxy) is 2. The van der Waals surface area contributed by atoms with E-state index in [2.05, 4.69) is 10.0 Å². The van der Waals surface area contributed by atoms with Crippen molar-refractivity contribution in [2.45, 2.75) is 52.1 Å². The summed E-state index contributed by atoms with van der Waals surface area (Å²) in [5.41, 5.74) is 3.96. The van der Waals surface area contributed by atoms with Crippen LogP contribution in [-0.2, 0) is 21.4 Å². The van der Waals surface area contributed by atoms with Crippen molar-refractivity contribution in [3.63, 3.8) is 0 Å². The Labute approximate surface area is 178 Å². The minimum atomic E-state index is -3.86. The molecule has 7 nitrogen and oxygen atoms in total. The summed E-state index contributed by atoms with van der Waals surface area (Å²) in [5, 5.41) is 2.75. The predicted octanol–water partition coefficient (Wildman–Crippen LogP) is 2.92. The maximum absolute atomic E-state index is 13.0. The van der Waals surface area contributed by atoms with Crippen LogP contribution in [0.25, 0.3) is 0 Å². The summed E-state index contributed by atoms with van der Waals surface area (Å²) in [6.45, 7) is 9.05. The molecule has 2 N–H and O–H groups in total. The number of methoxy groups -OCH3 is 2. The van der Waals surface area contributed by atoms with E-state index in [0.29, 0.717) is 22.6 Å².